The van der Waals surface area contributed by atoms with E-state index in [1.54, 1.807) is 0 Å². The zero-order valence-electron chi connectivity index (χ0n) is 22.2. The molecule has 5 fully saturated rings. The minimum atomic E-state index is 0.251. The second kappa shape index (κ2) is 9.34. The number of nitrogens with one attached hydrogen (secondary N) is 1. The van der Waals surface area contributed by atoms with E-state index in [0.717, 1.165) is 47.9 Å². The lowest BCUT2D eigenvalue weighted by atomic mass is 9.53. The van der Waals surface area contributed by atoms with E-state index in [0.29, 0.717) is 6.04 Å². The predicted molar refractivity (Wildman–Crippen MR) is 152 cm³/mol. The SMILES string of the molecule is Cc1ccc(Oc2ccc(NCCc3c(C)sc(=NC45CC6CC(CC(C6)C4)C5)n3C3CC3)cc2)cc1. The molecule has 5 aliphatic rings. The van der Waals surface area contributed by atoms with Crippen LogP contribution in [0.4, 0.5) is 5.69 Å². The number of aryl methyl sites for hydroxylation is 2. The first-order chi connectivity index (χ1) is 18.0. The summed E-state index contributed by atoms with van der Waals surface area (Å²) >= 11 is 1.96. The second-order valence-electron chi connectivity index (χ2n) is 12.4. The number of anilines is 1. The number of rotatable bonds is 8. The van der Waals surface area contributed by atoms with Crippen molar-refractivity contribution in [3.05, 3.63) is 69.5 Å². The summed E-state index contributed by atoms with van der Waals surface area (Å²) < 4.78 is 8.64. The summed E-state index contributed by atoms with van der Waals surface area (Å²) in [5.74, 6) is 4.58. The highest BCUT2D eigenvalue weighted by atomic mass is 32.1. The fourth-order valence-electron chi connectivity index (χ4n) is 7.73. The molecule has 0 unspecified atom stereocenters. The van der Waals surface area contributed by atoms with E-state index >= 15 is 0 Å². The third-order valence-electron chi connectivity index (χ3n) is 9.20. The largest absolute Gasteiger partial charge is 0.457 e. The number of hydrogen-bond acceptors (Lipinski definition) is 4. The zero-order chi connectivity index (χ0) is 25.0. The van der Waals surface area contributed by atoms with Crippen LogP contribution in [0.3, 0.4) is 0 Å². The Morgan fingerprint density at radius 2 is 1.49 bits per heavy atom. The van der Waals surface area contributed by atoms with E-state index in [1.165, 1.54) is 72.3 Å². The average molecular weight is 514 g/mol. The maximum Gasteiger partial charge on any atom is 0.185 e. The van der Waals surface area contributed by atoms with Crippen LogP contribution in [0.1, 0.15) is 73.5 Å². The van der Waals surface area contributed by atoms with E-state index in [2.05, 4.69) is 48.0 Å². The topological polar surface area (TPSA) is 38.5 Å². The van der Waals surface area contributed by atoms with Crippen molar-refractivity contribution in [3.8, 4) is 11.5 Å². The van der Waals surface area contributed by atoms with Crippen LogP contribution in [-0.2, 0) is 6.42 Å². The van der Waals surface area contributed by atoms with Crippen molar-refractivity contribution < 1.29 is 4.74 Å². The molecule has 0 spiro atoms. The van der Waals surface area contributed by atoms with Gasteiger partial charge in [-0.3, -0.25) is 4.99 Å². The van der Waals surface area contributed by atoms with Gasteiger partial charge in [0.25, 0.3) is 0 Å². The van der Waals surface area contributed by atoms with Gasteiger partial charge in [0.1, 0.15) is 11.5 Å². The molecule has 0 atom stereocenters. The van der Waals surface area contributed by atoms with Crippen LogP contribution in [0.15, 0.2) is 53.5 Å². The number of ether oxygens (including phenoxy) is 1. The van der Waals surface area contributed by atoms with Crippen LogP contribution in [0.2, 0.25) is 0 Å². The molecule has 5 saturated carbocycles. The summed E-state index contributed by atoms with van der Waals surface area (Å²) in [4.78, 5) is 8.44. The summed E-state index contributed by atoms with van der Waals surface area (Å²) in [7, 11) is 0. The molecule has 0 aliphatic heterocycles. The quantitative estimate of drug-likeness (QED) is 0.333. The van der Waals surface area contributed by atoms with Crippen LogP contribution in [0.25, 0.3) is 0 Å². The van der Waals surface area contributed by atoms with E-state index in [4.69, 9.17) is 9.73 Å². The molecule has 0 radical (unpaired) electrons. The minimum Gasteiger partial charge on any atom is -0.457 e. The summed E-state index contributed by atoms with van der Waals surface area (Å²) in [5, 5.41) is 3.65. The molecule has 37 heavy (non-hydrogen) atoms. The molecule has 1 heterocycles. The number of benzene rings is 2. The standard InChI is InChI=1S/C32H39N3OS/c1-21-3-9-28(10-4-21)36-29-11-5-26(6-12-29)33-14-13-30-22(2)37-31(35(30)27-7-8-27)34-32-18-23-15-24(19-32)17-25(16-23)20-32/h3-6,9-12,23-25,27,33H,7-8,13-20H2,1-2H3. The van der Waals surface area contributed by atoms with Gasteiger partial charge in [-0.05, 0) is 119 Å². The van der Waals surface area contributed by atoms with Gasteiger partial charge in [0.2, 0.25) is 0 Å². The first kappa shape index (κ1) is 23.6. The van der Waals surface area contributed by atoms with Crippen molar-refractivity contribution in [2.45, 2.75) is 83.2 Å². The molecular weight excluding hydrogens is 474 g/mol. The minimum absolute atomic E-state index is 0.251. The Kier molecular flexibility index (Phi) is 5.95. The van der Waals surface area contributed by atoms with Crippen molar-refractivity contribution in [1.29, 1.82) is 0 Å². The van der Waals surface area contributed by atoms with Crippen molar-refractivity contribution in [1.82, 2.24) is 4.57 Å². The predicted octanol–water partition coefficient (Wildman–Crippen LogP) is 7.82. The maximum atomic E-state index is 5.99. The van der Waals surface area contributed by atoms with Gasteiger partial charge in [0, 0.05) is 35.3 Å². The molecular formula is C32H39N3OS. The maximum absolute atomic E-state index is 5.99. The monoisotopic (exact) mass is 513 g/mol. The highest BCUT2D eigenvalue weighted by Crippen LogP contribution is 2.57. The van der Waals surface area contributed by atoms with Gasteiger partial charge in [-0.15, -0.1) is 11.3 Å². The first-order valence-corrected chi connectivity index (χ1v) is 15.2. The molecule has 2 aromatic carbocycles. The highest BCUT2D eigenvalue weighted by molar-refractivity contribution is 7.09. The summed E-state index contributed by atoms with van der Waals surface area (Å²) in [6, 6.07) is 17.2. The Morgan fingerprint density at radius 1 is 0.892 bits per heavy atom. The number of aromatic nitrogens is 1. The van der Waals surface area contributed by atoms with Gasteiger partial charge < -0.3 is 14.6 Å². The normalized spacial score (nSPS) is 28.6. The fourth-order valence-corrected chi connectivity index (χ4v) is 8.91. The lowest BCUT2D eigenvalue weighted by molar-refractivity contribution is -0.000408. The molecule has 1 N–H and O–H groups in total. The molecule has 0 amide bonds. The molecule has 0 saturated heterocycles. The van der Waals surface area contributed by atoms with Crippen molar-refractivity contribution in [3.63, 3.8) is 0 Å². The van der Waals surface area contributed by atoms with E-state index < -0.39 is 0 Å². The van der Waals surface area contributed by atoms with Crippen molar-refractivity contribution >= 4 is 17.0 Å². The van der Waals surface area contributed by atoms with Gasteiger partial charge in [-0.25, -0.2) is 0 Å². The van der Waals surface area contributed by atoms with Gasteiger partial charge in [-0.2, -0.15) is 0 Å². The van der Waals surface area contributed by atoms with Crippen LogP contribution in [0, 0.1) is 31.6 Å². The molecule has 5 aliphatic carbocycles. The molecule has 194 valence electrons. The van der Waals surface area contributed by atoms with E-state index in [9.17, 15) is 0 Å². The second-order valence-corrected chi connectivity index (χ2v) is 13.5. The molecule has 5 heteroatoms. The van der Waals surface area contributed by atoms with Gasteiger partial charge in [0.05, 0.1) is 5.54 Å². The van der Waals surface area contributed by atoms with Gasteiger partial charge in [-0.1, -0.05) is 17.7 Å². The molecule has 4 nitrogen and oxygen atoms in total. The zero-order valence-corrected chi connectivity index (χ0v) is 23.0. The average Bonchev–Trinajstić information content (AvgIpc) is 3.65. The summed E-state index contributed by atoms with van der Waals surface area (Å²) in [6.45, 7) is 5.33. The fraction of sp³-hybridized carbons (Fsp3) is 0.531. The summed E-state index contributed by atoms with van der Waals surface area (Å²) in [5.41, 5.74) is 4.13. The van der Waals surface area contributed by atoms with Crippen LogP contribution < -0.4 is 14.9 Å². The van der Waals surface area contributed by atoms with E-state index in [-0.39, 0.29) is 5.54 Å². The molecule has 1 aromatic heterocycles. The molecule has 3 aromatic rings. The van der Waals surface area contributed by atoms with Gasteiger partial charge >= 0.3 is 0 Å². The lowest BCUT2D eigenvalue weighted by Gasteiger charge is -2.54. The third-order valence-corrected chi connectivity index (χ3v) is 10.2. The lowest BCUT2D eigenvalue weighted by Crippen LogP contribution is -2.50. The van der Waals surface area contributed by atoms with Crippen molar-refractivity contribution in [2.75, 3.05) is 11.9 Å². The van der Waals surface area contributed by atoms with Crippen LogP contribution >= 0.6 is 11.3 Å². The first-order valence-electron chi connectivity index (χ1n) is 14.4. The number of nitrogens with zero attached hydrogens (tertiary/aromatic N) is 2. The Hall–Kier alpha value is -2.53. The third kappa shape index (κ3) is 4.87. The number of thiazole rings is 1. The van der Waals surface area contributed by atoms with Crippen molar-refractivity contribution in [2.24, 2.45) is 22.7 Å². The van der Waals surface area contributed by atoms with E-state index in [1.807, 2.05) is 35.6 Å². The smallest absolute Gasteiger partial charge is 0.185 e. The highest BCUT2D eigenvalue weighted by Gasteiger charge is 2.51. The van der Waals surface area contributed by atoms with Crippen LogP contribution in [-0.4, -0.2) is 16.7 Å². The Balaban J connectivity index is 1.04. The van der Waals surface area contributed by atoms with Gasteiger partial charge in [0.15, 0.2) is 4.80 Å². The summed E-state index contributed by atoms with van der Waals surface area (Å²) in [6.07, 6.45) is 12.2. The number of hydrogen-bond donors (Lipinski definition) is 1. The molecule has 4 bridgehead atoms. The van der Waals surface area contributed by atoms with Crippen LogP contribution in [0.5, 0.6) is 11.5 Å². The Labute approximate surface area is 224 Å². The Bertz CT molecular complexity index is 1290. The Morgan fingerprint density at radius 3 is 2.08 bits per heavy atom. The molecule has 8 rings (SSSR count).